The summed E-state index contributed by atoms with van der Waals surface area (Å²) < 4.78 is 0. The summed E-state index contributed by atoms with van der Waals surface area (Å²) in [5, 5.41) is 5.27. The van der Waals surface area contributed by atoms with Gasteiger partial charge in [-0.25, -0.2) is 0 Å². The number of hydrogen-bond acceptors (Lipinski definition) is 4. The summed E-state index contributed by atoms with van der Waals surface area (Å²) >= 11 is 1.65. The third kappa shape index (κ3) is 2.43. The molecule has 1 N–H and O–H groups in total. The van der Waals surface area contributed by atoms with Crippen LogP contribution in [0.25, 0.3) is 11.1 Å². The number of anilines is 1. The van der Waals surface area contributed by atoms with Gasteiger partial charge in [0.2, 0.25) is 10.9 Å². The first kappa shape index (κ1) is 13.8. The summed E-state index contributed by atoms with van der Waals surface area (Å²) in [6.45, 7) is 2.06. The van der Waals surface area contributed by atoms with Gasteiger partial charge < -0.3 is 5.32 Å². The van der Waals surface area contributed by atoms with Gasteiger partial charge >= 0.3 is 0 Å². The molecule has 2 aromatic carbocycles. The van der Waals surface area contributed by atoms with Gasteiger partial charge in [0, 0.05) is 4.88 Å². The molecule has 0 bridgehead atoms. The van der Waals surface area contributed by atoms with Gasteiger partial charge in [0.1, 0.15) is 0 Å². The van der Waals surface area contributed by atoms with Crippen molar-refractivity contribution in [1.82, 2.24) is 0 Å². The van der Waals surface area contributed by atoms with E-state index >= 15 is 0 Å². The van der Waals surface area contributed by atoms with Crippen molar-refractivity contribution in [1.29, 1.82) is 0 Å². The van der Waals surface area contributed by atoms with Crippen LogP contribution in [0.1, 0.15) is 24.3 Å². The molecule has 0 aliphatic rings. The van der Waals surface area contributed by atoms with Crippen LogP contribution >= 0.6 is 11.3 Å². The number of thiophene rings is 1. The van der Waals surface area contributed by atoms with E-state index in [1.807, 2.05) is 47.8 Å². The normalized spacial score (nSPS) is 12.4. The second kappa shape index (κ2) is 5.66. The van der Waals surface area contributed by atoms with Crippen LogP contribution in [0.15, 0.2) is 57.4 Å². The minimum atomic E-state index is -0.413. The SMILES string of the molecule is CCC(Nc1c(-c2ccccc2)c(=O)c1=O)c1cccs1. The van der Waals surface area contributed by atoms with E-state index in [0.717, 1.165) is 12.0 Å². The standard InChI is InChI=1S/C17H15NO2S/c1-2-12(13-9-6-10-21-13)18-15-14(16(19)17(15)20)11-7-4-3-5-8-11/h3-10,12,18H,2H2,1H3. The fraction of sp³-hybridized carbons (Fsp3) is 0.176. The third-order valence-electron chi connectivity index (χ3n) is 3.59. The second-order valence-corrected chi connectivity index (χ2v) is 5.87. The summed E-state index contributed by atoms with van der Waals surface area (Å²) in [4.78, 5) is 25.0. The van der Waals surface area contributed by atoms with Crippen LogP contribution in [-0.2, 0) is 0 Å². The summed E-state index contributed by atoms with van der Waals surface area (Å²) in [5.41, 5.74) is 0.946. The number of benzene rings is 1. The molecule has 1 atom stereocenters. The number of hydrogen-bond donors (Lipinski definition) is 1. The molecule has 0 amide bonds. The van der Waals surface area contributed by atoms with Gasteiger partial charge in [-0.15, -0.1) is 11.3 Å². The van der Waals surface area contributed by atoms with Gasteiger partial charge in [-0.2, -0.15) is 0 Å². The van der Waals surface area contributed by atoms with E-state index in [2.05, 4.69) is 12.2 Å². The zero-order valence-corrected chi connectivity index (χ0v) is 12.4. The van der Waals surface area contributed by atoms with Gasteiger partial charge in [-0.3, -0.25) is 9.59 Å². The predicted octanol–water partition coefficient (Wildman–Crippen LogP) is 3.57. The predicted molar refractivity (Wildman–Crippen MR) is 87.8 cm³/mol. The fourth-order valence-electron chi connectivity index (χ4n) is 2.45. The molecule has 0 saturated heterocycles. The van der Waals surface area contributed by atoms with Gasteiger partial charge in [0.25, 0.3) is 0 Å². The highest BCUT2D eigenvalue weighted by atomic mass is 32.1. The zero-order chi connectivity index (χ0) is 14.8. The molecule has 1 aromatic heterocycles. The summed E-state index contributed by atoms with van der Waals surface area (Å²) in [5.74, 6) is 0. The Kier molecular flexibility index (Phi) is 3.71. The molecular weight excluding hydrogens is 282 g/mol. The quantitative estimate of drug-likeness (QED) is 0.732. The van der Waals surface area contributed by atoms with E-state index in [0.29, 0.717) is 11.3 Å². The lowest BCUT2D eigenvalue weighted by Gasteiger charge is -2.20. The van der Waals surface area contributed by atoms with Crippen molar-refractivity contribution in [3.63, 3.8) is 0 Å². The van der Waals surface area contributed by atoms with Crippen LogP contribution in [0.4, 0.5) is 5.69 Å². The molecule has 0 spiro atoms. The van der Waals surface area contributed by atoms with Crippen LogP contribution in [0.3, 0.4) is 0 Å². The maximum atomic E-state index is 11.9. The molecule has 0 saturated carbocycles. The summed E-state index contributed by atoms with van der Waals surface area (Å²) in [6, 6.07) is 13.4. The summed E-state index contributed by atoms with van der Waals surface area (Å²) in [6.07, 6.45) is 0.855. The highest BCUT2D eigenvalue weighted by Crippen LogP contribution is 2.30. The van der Waals surface area contributed by atoms with Gasteiger partial charge in [-0.05, 0) is 23.4 Å². The van der Waals surface area contributed by atoms with E-state index in [-0.39, 0.29) is 6.04 Å². The van der Waals surface area contributed by atoms with E-state index in [1.165, 1.54) is 4.88 Å². The molecular formula is C17H15NO2S. The van der Waals surface area contributed by atoms with Crippen molar-refractivity contribution in [2.24, 2.45) is 0 Å². The van der Waals surface area contributed by atoms with E-state index < -0.39 is 10.9 Å². The van der Waals surface area contributed by atoms with Crippen molar-refractivity contribution in [2.45, 2.75) is 19.4 Å². The maximum Gasteiger partial charge on any atom is 0.250 e. The minimum absolute atomic E-state index is 0.0655. The zero-order valence-electron chi connectivity index (χ0n) is 11.6. The maximum absolute atomic E-state index is 11.9. The van der Waals surface area contributed by atoms with Crippen molar-refractivity contribution in [2.75, 3.05) is 5.32 Å². The number of rotatable bonds is 5. The second-order valence-electron chi connectivity index (χ2n) is 4.89. The Hall–Kier alpha value is -2.20. The van der Waals surface area contributed by atoms with E-state index in [1.54, 1.807) is 11.3 Å². The molecule has 0 radical (unpaired) electrons. The molecule has 106 valence electrons. The molecule has 3 nitrogen and oxygen atoms in total. The van der Waals surface area contributed by atoms with Crippen LogP contribution in [0.2, 0.25) is 0 Å². The Morgan fingerprint density at radius 1 is 1.05 bits per heavy atom. The molecule has 3 rings (SSSR count). The van der Waals surface area contributed by atoms with E-state index in [9.17, 15) is 9.59 Å². The Labute approximate surface area is 126 Å². The van der Waals surface area contributed by atoms with Gasteiger partial charge in [0.05, 0.1) is 17.3 Å². The van der Waals surface area contributed by atoms with Crippen molar-refractivity contribution >= 4 is 17.0 Å². The first-order valence-corrected chi connectivity index (χ1v) is 7.79. The molecule has 4 heteroatoms. The molecule has 0 aliphatic carbocycles. The summed E-state index contributed by atoms with van der Waals surface area (Å²) in [7, 11) is 0. The van der Waals surface area contributed by atoms with Crippen LogP contribution < -0.4 is 16.2 Å². The largest absolute Gasteiger partial charge is 0.374 e. The highest BCUT2D eigenvalue weighted by molar-refractivity contribution is 7.10. The van der Waals surface area contributed by atoms with Crippen molar-refractivity contribution < 1.29 is 0 Å². The monoisotopic (exact) mass is 297 g/mol. The first-order chi connectivity index (χ1) is 10.2. The topological polar surface area (TPSA) is 46.2 Å². The lowest BCUT2D eigenvalue weighted by molar-refractivity contribution is 0.761. The minimum Gasteiger partial charge on any atom is -0.374 e. The molecule has 0 fully saturated rings. The van der Waals surface area contributed by atoms with Gasteiger partial charge in [0.15, 0.2) is 0 Å². The smallest absolute Gasteiger partial charge is 0.250 e. The van der Waals surface area contributed by atoms with E-state index in [4.69, 9.17) is 0 Å². The first-order valence-electron chi connectivity index (χ1n) is 6.91. The van der Waals surface area contributed by atoms with Gasteiger partial charge in [-0.1, -0.05) is 43.3 Å². The average Bonchev–Trinajstić information content (AvgIpc) is 3.05. The Bertz CT molecular complexity index is 799. The highest BCUT2D eigenvalue weighted by Gasteiger charge is 2.24. The van der Waals surface area contributed by atoms with Crippen LogP contribution in [0.5, 0.6) is 0 Å². The Balaban J connectivity index is 1.96. The molecule has 1 heterocycles. The lowest BCUT2D eigenvalue weighted by Crippen LogP contribution is -2.37. The van der Waals surface area contributed by atoms with Crippen molar-refractivity contribution in [3.05, 3.63) is 73.2 Å². The van der Waals surface area contributed by atoms with Crippen LogP contribution in [-0.4, -0.2) is 0 Å². The number of nitrogens with one attached hydrogen (secondary N) is 1. The lowest BCUT2D eigenvalue weighted by atomic mass is 9.97. The average molecular weight is 297 g/mol. The molecule has 1 unspecified atom stereocenters. The fourth-order valence-corrected chi connectivity index (χ4v) is 3.31. The third-order valence-corrected chi connectivity index (χ3v) is 4.57. The Morgan fingerprint density at radius 3 is 2.43 bits per heavy atom. The molecule has 0 aliphatic heterocycles. The molecule has 3 aromatic rings. The van der Waals surface area contributed by atoms with Crippen molar-refractivity contribution in [3.8, 4) is 11.1 Å². The Morgan fingerprint density at radius 2 is 1.81 bits per heavy atom. The molecule has 21 heavy (non-hydrogen) atoms. The van der Waals surface area contributed by atoms with Crippen LogP contribution in [0, 0.1) is 0 Å².